The number of benzene rings is 2. The predicted molar refractivity (Wildman–Crippen MR) is 91.6 cm³/mol. The summed E-state index contributed by atoms with van der Waals surface area (Å²) in [7, 11) is 0. The summed E-state index contributed by atoms with van der Waals surface area (Å²) in [4.78, 5) is 12.6. The van der Waals surface area contributed by atoms with Gasteiger partial charge in [-0.15, -0.1) is 11.3 Å². The molecule has 0 bridgehead atoms. The van der Waals surface area contributed by atoms with Gasteiger partial charge in [0.15, 0.2) is 0 Å². The van der Waals surface area contributed by atoms with Gasteiger partial charge in [-0.05, 0) is 52.7 Å². The van der Waals surface area contributed by atoms with E-state index in [4.69, 9.17) is 5.11 Å². The number of carboxylic acid groups (broad SMARTS) is 1. The fraction of sp³-hybridized carbons (Fsp3) is 0. The second-order valence-electron chi connectivity index (χ2n) is 4.58. The van der Waals surface area contributed by atoms with Crippen LogP contribution in [-0.4, -0.2) is 11.1 Å². The predicted octanol–water partition coefficient (Wildman–Crippen LogP) is 5.43. The van der Waals surface area contributed by atoms with Crippen LogP contribution in [0.1, 0.15) is 4.88 Å². The van der Waals surface area contributed by atoms with Crippen LogP contribution in [0.2, 0.25) is 0 Å². The third-order valence-corrected chi connectivity index (χ3v) is 4.70. The van der Waals surface area contributed by atoms with Crippen molar-refractivity contribution in [2.45, 2.75) is 0 Å². The molecule has 0 saturated carbocycles. The Morgan fingerprint density at radius 2 is 1.81 bits per heavy atom. The van der Waals surface area contributed by atoms with Crippen molar-refractivity contribution in [2.24, 2.45) is 0 Å². The highest BCUT2D eigenvalue weighted by Crippen LogP contribution is 2.31. The molecule has 0 aliphatic rings. The van der Waals surface area contributed by atoms with Crippen LogP contribution in [-0.2, 0) is 4.79 Å². The molecule has 2 nitrogen and oxygen atoms in total. The van der Waals surface area contributed by atoms with E-state index in [9.17, 15) is 4.79 Å². The lowest BCUT2D eigenvalue weighted by Gasteiger charge is -2.02. The first-order chi connectivity index (χ1) is 10.1. The molecule has 0 radical (unpaired) electrons. The summed E-state index contributed by atoms with van der Waals surface area (Å²) in [5, 5.41) is 11.0. The van der Waals surface area contributed by atoms with Crippen LogP contribution in [0.4, 0.5) is 0 Å². The Morgan fingerprint density at radius 1 is 1.05 bits per heavy atom. The molecular weight excluding hydrogens is 348 g/mol. The number of hydrogen-bond acceptors (Lipinski definition) is 2. The summed E-state index contributed by atoms with van der Waals surface area (Å²) >= 11 is 5.05. The molecule has 1 heterocycles. The maximum Gasteiger partial charge on any atom is 0.328 e. The molecule has 0 spiro atoms. The third-order valence-electron chi connectivity index (χ3n) is 3.10. The van der Waals surface area contributed by atoms with E-state index in [1.807, 2.05) is 18.2 Å². The molecule has 0 amide bonds. The number of hydrogen-bond donors (Lipinski definition) is 1. The number of carboxylic acids is 1. The molecule has 104 valence electrons. The maximum absolute atomic E-state index is 10.5. The van der Waals surface area contributed by atoms with Crippen molar-refractivity contribution in [3.8, 4) is 10.4 Å². The maximum atomic E-state index is 10.5. The van der Waals surface area contributed by atoms with Gasteiger partial charge in [0.2, 0.25) is 0 Å². The largest absolute Gasteiger partial charge is 0.478 e. The Morgan fingerprint density at radius 3 is 2.62 bits per heavy atom. The topological polar surface area (TPSA) is 37.3 Å². The standard InChI is InChI=1S/C17H11BrO2S/c18-14-4-3-11-9-13(2-1-12(11)10-14)16-7-5-15(21-16)6-8-17(19)20/h1-10H,(H,19,20)/b8-6+. The van der Waals surface area contributed by atoms with Gasteiger partial charge in [-0.25, -0.2) is 4.79 Å². The molecule has 0 aliphatic carbocycles. The van der Waals surface area contributed by atoms with Crippen LogP contribution in [0, 0.1) is 0 Å². The lowest BCUT2D eigenvalue weighted by molar-refractivity contribution is -0.131. The van der Waals surface area contributed by atoms with Gasteiger partial charge in [-0.3, -0.25) is 0 Å². The fourth-order valence-electron chi connectivity index (χ4n) is 2.12. The molecule has 0 fully saturated rings. The second kappa shape index (κ2) is 5.84. The minimum absolute atomic E-state index is 0.929. The van der Waals surface area contributed by atoms with Gasteiger partial charge in [-0.1, -0.05) is 34.1 Å². The lowest BCUT2D eigenvalue weighted by atomic mass is 10.1. The van der Waals surface area contributed by atoms with Crippen molar-refractivity contribution in [1.82, 2.24) is 0 Å². The Balaban J connectivity index is 1.97. The molecule has 3 rings (SSSR count). The quantitative estimate of drug-likeness (QED) is 0.633. The highest BCUT2D eigenvalue weighted by molar-refractivity contribution is 9.10. The van der Waals surface area contributed by atoms with Crippen molar-refractivity contribution in [3.05, 3.63) is 64.0 Å². The number of aliphatic carboxylic acids is 1. The molecular formula is C17H11BrO2S. The highest BCUT2D eigenvalue weighted by atomic mass is 79.9. The summed E-state index contributed by atoms with van der Waals surface area (Å²) in [6.45, 7) is 0. The van der Waals surface area contributed by atoms with Crippen LogP contribution in [0.15, 0.2) is 59.1 Å². The van der Waals surface area contributed by atoms with Gasteiger partial charge in [0.25, 0.3) is 0 Å². The Hall–Kier alpha value is -1.91. The first kappa shape index (κ1) is 14.0. The van der Waals surface area contributed by atoms with Gasteiger partial charge in [0.05, 0.1) is 0 Å². The number of thiophene rings is 1. The summed E-state index contributed by atoms with van der Waals surface area (Å²) in [5.41, 5.74) is 1.14. The van der Waals surface area contributed by atoms with Crippen LogP contribution >= 0.6 is 27.3 Å². The normalized spacial score (nSPS) is 11.3. The minimum Gasteiger partial charge on any atom is -0.478 e. The van der Waals surface area contributed by atoms with Gasteiger partial charge in [0.1, 0.15) is 0 Å². The molecule has 1 aromatic heterocycles. The zero-order valence-corrected chi connectivity index (χ0v) is 13.3. The van der Waals surface area contributed by atoms with E-state index in [1.54, 1.807) is 17.4 Å². The van der Waals surface area contributed by atoms with Gasteiger partial charge in [-0.2, -0.15) is 0 Å². The molecule has 2 aromatic carbocycles. The summed E-state index contributed by atoms with van der Waals surface area (Å²) in [6, 6.07) is 16.5. The zero-order chi connectivity index (χ0) is 14.8. The highest BCUT2D eigenvalue weighted by Gasteiger charge is 2.03. The van der Waals surface area contributed by atoms with Crippen LogP contribution in [0.5, 0.6) is 0 Å². The van der Waals surface area contributed by atoms with E-state index in [0.29, 0.717) is 0 Å². The third kappa shape index (κ3) is 3.23. The first-order valence-electron chi connectivity index (χ1n) is 6.32. The Labute approximate surface area is 134 Å². The molecule has 0 saturated heterocycles. The number of halogens is 1. The smallest absolute Gasteiger partial charge is 0.328 e. The van der Waals surface area contributed by atoms with Crippen molar-refractivity contribution in [1.29, 1.82) is 0 Å². The Kier molecular flexibility index (Phi) is 3.90. The van der Waals surface area contributed by atoms with Gasteiger partial charge in [0, 0.05) is 20.3 Å². The molecule has 1 N–H and O–H groups in total. The molecule has 0 aliphatic heterocycles. The van der Waals surface area contributed by atoms with E-state index in [2.05, 4.69) is 46.3 Å². The van der Waals surface area contributed by atoms with Crippen molar-refractivity contribution >= 4 is 50.1 Å². The van der Waals surface area contributed by atoms with Crippen molar-refractivity contribution in [3.63, 3.8) is 0 Å². The SMILES string of the molecule is O=C(O)/C=C/c1ccc(-c2ccc3cc(Br)ccc3c2)s1. The lowest BCUT2D eigenvalue weighted by Crippen LogP contribution is -1.84. The van der Waals surface area contributed by atoms with Crippen LogP contribution in [0.25, 0.3) is 27.3 Å². The zero-order valence-electron chi connectivity index (χ0n) is 10.9. The summed E-state index contributed by atoms with van der Waals surface area (Å²) in [5.74, 6) is -0.929. The van der Waals surface area contributed by atoms with Crippen molar-refractivity contribution in [2.75, 3.05) is 0 Å². The second-order valence-corrected chi connectivity index (χ2v) is 6.61. The first-order valence-corrected chi connectivity index (χ1v) is 7.93. The molecule has 3 aromatic rings. The Bertz CT molecular complexity index is 849. The average Bonchev–Trinajstić information content (AvgIpc) is 2.93. The molecule has 0 unspecified atom stereocenters. The molecule has 4 heteroatoms. The van der Waals surface area contributed by atoms with Crippen LogP contribution < -0.4 is 0 Å². The number of rotatable bonds is 3. The summed E-state index contributed by atoms with van der Waals surface area (Å²) in [6.07, 6.45) is 2.78. The van der Waals surface area contributed by atoms with E-state index in [1.165, 1.54) is 10.8 Å². The minimum atomic E-state index is -0.929. The van der Waals surface area contributed by atoms with E-state index in [0.717, 1.165) is 25.9 Å². The van der Waals surface area contributed by atoms with Gasteiger partial charge < -0.3 is 5.11 Å². The van der Waals surface area contributed by atoms with Gasteiger partial charge >= 0.3 is 5.97 Å². The number of fused-ring (bicyclic) bond motifs is 1. The molecule has 0 atom stereocenters. The van der Waals surface area contributed by atoms with E-state index < -0.39 is 5.97 Å². The summed E-state index contributed by atoms with van der Waals surface area (Å²) < 4.78 is 1.07. The number of carbonyl (C=O) groups is 1. The monoisotopic (exact) mass is 358 g/mol. The molecule has 21 heavy (non-hydrogen) atoms. The fourth-order valence-corrected chi connectivity index (χ4v) is 3.41. The van der Waals surface area contributed by atoms with Crippen molar-refractivity contribution < 1.29 is 9.90 Å². The van der Waals surface area contributed by atoms with E-state index >= 15 is 0 Å². The average molecular weight is 359 g/mol. The van der Waals surface area contributed by atoms with E-state index in [-0.39, 0.29) is 0 Å². The van der Waals surface area contributed by atoms with Crippen LogP contribution in [0.3, 0.4) is 0 Å².